The molecule has 1 rings (SSSR count). The Morgan fingerprint density at radius 2 is 1.94 bits per heavy atom. The molecule has 0 bridgehead atoms. The van der Waals surface area contributed by atoms with E-state index in [4.69, 9.17) is 0 Å². The minimum atomic E-state index is -4.11. The fourth-order valence-electron chi connectivity index (χ4n) is 0.969. The van der Waals surface area contributed by atoms with E-state index in [-0.39, 0.29) is 4.90 Å². The van der Waals surface area contributed by atoms with Crippen LogP contribution < -0.4 is 0 Å². The van der Waals surface area contributed by atoms with Gasteiger partial charge in [-0.05, 0) is 18.4 Å². The van der Waals surface area contributed by atoms with Crippen molar-refractivity contribution in [3.8, 4) is 0 Å². The van der Waals surface area contributed by atoms with Gasteiger partial charge in [0.05, 0.1) is 0 Å². The molecule has 0 N–H and O–H groups in total. The lowest BCUT2D eigenvalue weighted by molar-refractivity contribution is -0.0963. The van der Waals surface area contributed by atoms with Crippen LogP contribution >= 0.6 is 20.0 Å². The van der Waals surface area contributed by atoms with Crippen LogP contribution in [0.2, 0.25) is 0 Å². The lowest BCUT2D eigenvalue weighted by Crippen LogP contribution is -2.06. The second-order valence-electron chi connectivity index (χ2n) is 2.71. The Balaban J connectivity index is 2.93. The van der Waals surface area contributed by atoms with E-state index in [1.807, 2.05) is 0 Å². The summed E-state index contributed by atoms with van der Waals surface area (Å²) in [4.78, 5) is 0.464. The number of benzene rings is 1. The van der Waals surface area contributed by atoms with Crippen LogP contribution in [-0.2, 0) is 28.2 Å². The molecule has 17 heavy (non-hydrogen) atoms. The molecule has 96 valence electrons. The van der Waals surface area contributed by atoms with Gasteiger partial charge in [-0.1, -0.05) is 16.5 Å². The van der Waals surface area contributed by atoms with Gasteiger partial charge in [0.25, 0.3) is 0 Å². The topological polar surface area (TPSA) is 78.9 Å². The largest absolute Gasteiger partial charge is 0.348 e. The molecule has 0 aliphatic heterocycles. The fourth-order valence-corrected chi connectivity index (χ4v) is 3.29. The van der Waals surface area contributed by atoms with Crippen molar-refractivity contribution in [2.45, 2.75) is 9.79 Å². The second kappa shape index (κ2) is 6.53. The van der Waals surface area contributed by atoms with Crippen molar-refractivity contribution in [3.63, 3.8) is 0 Å². The van der Waals surface area contributed by atoms with Crippen LogP contribution in [0.3, 0.4) is 0 Å². The molecule has 1 atom stereocenters. The first kappa shape index (κ1) is 14.7. The summed E-state index contributed by atoms with van der Waals surface area (Å²) in [6.07, 6.45) is 1.73. The van der Waals surface area contributed by atoms with E-state index in [1.54, 1.807) is 24.5 Å². The highest BCUT2D eigenvalue weighted by atomic mass is 32.2. The van der Waals surface area contributed by atoms with Gasteiger partial charge in [0.15, 0.2) is 0 Å². The van der Waals surface area contributed by atoms with Gasteiger partial charge in [0.2, 0.25) is 0 Å². The number of hydrogen-bond acceptors (Lipinski definition) is 7. The highest BCUT2D eigenvalue weighted by molar-refractivity contribution is 7.99. The third kappa shape index (κ3) is 4.09. The Kier molecular flexibility index (Phi) is 5.64. The lowest BCUT2D eigenvalue weighted by atomic mass is 10.4. The molecule has 0 radical (unpaired) electrons. The smallest absolute Gasteiger partial charge is 0.312 e. The molecule has 0 aromatic heterocycles. The summed E-state index contributed by atoms with van der Waals surface area (Å²) in [5.41, 5.74) is 0. The Morgan fingerprint density at radius 3 is 2.53 bits per heavy atom. The summed E-state index contributed by atoms with van der Waals surface area (Å²) < 4.78 is 46.8. The van der Waals surface area contributed by atoms with Crippen molar-refractivity contribution in [2.24, 2.45) is 0 Å². The zero-order valence-corrected chi connectivity index (χ0v) is 11.7. The van der Waals surface area contributed by atoms with E-state index in [1.165, 1.54) is 17.8 Å². The minimum absolute atomic E-state index is 0.0431. The molecule has 0 heterocycles. The molecule has 9 heteroatoms. The molecule has 0 saturated carbocycles. The van der Waals surface area contributed by atoms with Crippen LogP contribution in [0, 0.1) is 0 Å². The molecule has 0 aliphatic rings. The zero-order chi connectivity index (χ0) is 12.9. The molecule has 0 aliphatic carbocycles. The third-order valence-electron chi connectivity index (χ3n) is 1.70. The standard InChI is InChI=1S/C8H11O6PS2/c1-12-15(9)13-14-17(10,11)8-6-4-3-5-7(8)16-2/h3-6,15H,1-2H3. The summed E-state index contributed by atoms with van der Waals surface area (Å²) >= 11 is 1.25. The molecule has 0 saturated heterocycles. The number of rotatable bonds is 6. The number of thioether (sulfide) groups is 1. The molecular weight excluding hydrogens is 287 g/mol. The summed E-state index contributed by atoms with van der Waals surface area (Å²) in [5.74, 6) is 0. The highest BCUT2D eigenvalue weighted by Crippen LogP contribution is 2.29. The summed E-state index contributed by atoms with van der Waals surface area (Å²) in [6, 6.07) is 6.24. The molecule has 1 aromatic rings. The van der Waals surface area contributed by atoms with Gasteiger partial charge in [-0.25, -0.2) is 0 Å². The second-order valence-corrected chi connectivity index (χ2v) is 6.12. The molecule has 6 nitrogen and oxygen atoms in total. The average Bonchev–Trinajstić information content (AvgIpc) is 2.35. The summed E-state index contributed by atoms with van der Waals surface area (Å²) in [7, 11) is -5.93. The van der Waals surface area contributed by atoms with E-state index in [9.17, 15) is 13.0 Å². The van der Waals surface area contributed by atoms with E-state index in [0.29, 0.717) is 4.90 Å². The van der Waals surface area contributed by atoms with Crippen molar-refractivity contribution in [3.05, 3.63) is 24.3 Å². The first-order valence-electron chi connectivity index (χ1n) is 4.33. The fraction of sp³-hybridized carbons (Fsp3) is 0.250. The SMILES string of the molecule is CO[PH](=O)OOS(=O)(=O)c1ccccc1SC. The normalized spacial score (nSPS) is 13.5. The zero-order valence-electron chi connectivity index (χ0n) is 9.08. The predicted molar refractivity (Wildman–Crippen MR) is 63.6 cm³/mol. The molecular formula is C8H11O6PS2. The van der Waals surface area contributed by atoms with Gasteiger partial charge in [-0.3, -0.25) is 4.57 Å². The third-order valence-corrected chi connectivity index (χ3v) is 4.44. The van der Waals surface area contributed by atoms with Crippen LogP contribution in [0.1, 0.15) is 0 Å². The van der Waals surface area contributed by atoms with Crippen molar-refractivity contribution in [1.29, 1.82) is 0 Å². The summed E-state index contributed by atoms with van der Waals surface area (Å²) in [5, 5.41) is 0. The lowest BCUT2D eigenvalue weighted by Gasteiger charge is -2.07. The van der Waals surface area contributed by atoms with Gasteiger partial charge in [0.1, 0.15) is 4.90 Å². The van der Waals surface area contributed by atoms with Crippen molar-refractivity contribution in [1.82, 2.24) is 0 Å². The predicted octanol–water partition coefficient (Wildman–Crippen LogP) is 2.08. The Labute approximate surface area is 104 Å². The van der Waals surface area contributed by atoms with Gasteiger partial charge in [0, 0.05) is 12.0 Å². The van der Waals surface area contributed by atoms with Crippen LogP contribution in [0.15, 0.2) is 34.1 Å². The van der Waals surface area contributed by atoms with E-state index in [2.05, 4.69) is 13.5 Å². The van der Waals surface area contributed by atoms with Crippen LogP contribution in [-0.4, -0.2) is 21.8 Å². The summed E-state index contributed by atoms with van der Waals surface area (Å²) in [6.45, 7) is 0. The van der Waals surface area contributed by atoms with Crippen LogP contribution in [0.4, 0.5) is 0 Å². The maximum atomic E-state index is 11.7. The van der Waals surface area contributed by atoms with Gasteiger partial charge in [-0.2, -0.15) is 8.42 Å². The van der Waals surface area contributed by atoms with Gasteiger partial charge < -0.3 is 4.52 Å². The Bertz CT molecular complexity index is 500. The first-order valence-corrected chi connectivity index (χ1v) is 8.19. The van der Waals surface area contributed by atoms with Crippen molar-refractivity contribution in [2.75, 3.05) is 13.4 Å². The minimum Gasteiger partial charge on any atom is -0.312 e. The maximum absolute atomic E-state index is 11.7. The maximum Gasteiger partial charge on any atom is 0.348 e. The van der Waals surface area contributed by atoms with E-state index in [0.717, 1.165) is 7.11 Å². The number of hydrogen-bond donors (Lipinski definition) is 0. The Morgan fingerprint density at radius 1 is 1.29 bits per heavy atom. The van der Waals surface area contributed by atoms with E-state index >= 15 is 0 Å². The first-order chi connectivity index (χ1) is 8.01. The average molecular weight is 298 g/mol. The molecule has 1 unspecified atom stereocenters. The highest BCUT2D eigenvalue weighted by Gasteiger charge is 2.21. The van der Waals surface area contributed by atoms with Gasteiger partial charge in [-0.15, -0.1) is 16.4 Å². The molecule has 0 amide bonds. The Hall–Kier alpha value is -0.370. The molecule has 0 spiro atoms. The van der Waals surface area contributed by atoms with Crippen LogP contribution in [0.25, 0.3) is 0 Å². The van der Waals surface area contributed by atoms with Crippen molar-refractivity contribution >= 4 is 30.1 Å². The van der Waals surface area contributed by atoms with Gasteiger partial charge >= 0.3 is 18.4 Å². The quantitative estimate of drug-likeness (QED) is 0.344. The van der Waals surface area contributed by atoms with E-state index < -0.39 is 18.4 Å². The van der Waals surface area contributed by atoms with Crippen LogP contribution in [0.5, 0.6) is 0 Å². The molecule has 0 fully saturated rings. The van der Waals surface area contributed by atoms with Crippen molar-refractivity contribution < 1.29 is 26.5 Å². The monoisotopic (exact) mass is 298 g/mol. The molecule has 1 aromatic carbocycles.